The number of nitrogens with zero attached hydrogens (tertiary/aromatic N) is 2. The van der Waals surface area contributed by atoms with E-state index in [0.29, 0.717) is 16.9 Å². The molecule has 6 nitrogen and oxygen atoms in total. The van der Waals surface area contributed by atoms with Gasteiger partial charge in [0, 0.05) is 28.6 Å². The first-order valence-electron chi connectivity index (χ1n) is 10.6. The zero-order valence-corrected chi connectivity index (χ0v) is 18.1. The van der Waals surface area contributed by atoms with Crippen LogP contribution in [0.15, 0.2) is 66.7 Å². The van der Waals surface area contributed by atoms with Gasteiger partial charge in [-0.05, 0) is 42.8 Å². The Balaban J connectivity index is 1.86. The van der Waals surface area contributed by atoms with Crippen LogP contribution in [0.1, 0.15) is 25.8 Å². The van der Waals surface area contributed by atoms with Crippen molar-refractivity contribution in [1.29, 1.82) is 0 Å². The van der Waals surface area contributed by atoms with Crippen LogP contribution in [-0.2, 0) is 16.2 Å². The number of benzene rings is 3. The monoisotopic (exact) mass is 427 g/mol. The number of rotatable bonds is 7. The number of aromatic nitrogens is 1. The van der Waals surface area contributed by atoms with Crippen molar-refractivity contribution in [2.75, 3.05) is 16.8 Å². The minimum absolute atomic E-state index is 0.0118. The molecule has 3 aromatic carbocycles. The molecule has 0 aliphatic rings. The summed E-state index contributed by atoms with van der Waals surface area (Å²) in [4.78, 5) is 30.6. The van der Waals surface area contributed by atoms with E-state index in [-0.39, 0.29) is 31.3 Å². The third kappa shape index (κ3) is 4.31. The summed E-state index contributed by atoms with van der Waals surface area (Å²) in [6, 6.07) is 21.2. The molecule has 1 aromatic heterocycles. The lowest BCUT2D eigenvalue weighted by molar-refractivity contribution is -0.121. The van der Waals surface area contributed by atoms with Crippen molar-refractivity contribution in [3.05, 3.63) is 72.3 Å². The molecule has 4 aromatic rings. The summed E-state index contributed by atoms with van der Waals surface area (Å²) in [5.41, 5.74) is 4.56. The number of hydrogen-bond acceptors (Lipinski definition) is 5. The Kier molecular flexibility index (Phi) is 6.14. The molecule has 32 heavy (non-hydrogen) atoms. The first-order valence-corrected chi connectivity index (χ1v) is 10.6. The van der Waals surface area contributed by atoms with E-state index in [0.717, 1.165) is 27.5 Å². The van der Waals surface area contributed by atoms with Gasteiger partial charge in [-0.25, -0.2) is 4.98 Å². The Hall–Kier alpha value is -3.77. The summed E-state index contributed by atoms with van der Waals surface area (Å²) in [5, 5.41) is 15.3. The second-order valence-corrected chi connectivity index (χ2v) is 7.73. The van der Waals surface area contributed by atoms with Gasteiger partial charge in [-0.2, -0.15) is 0 Å². The second kappa shape index (κ2) is 9.16. The zero-order chi connectivity index (χ0) is 22.7. The molecule has 0 spiro atoms. The maximum atomic E-state index is 12.5. The van der Waals surface area contributed by atoms with Crippen molar-refractivity contribution >= 4 is 50.6 Å². The van der Waals surface area contributed by atoms with Gasteiger partial charge in [0.1, 0.15) is 5.78 Å². The van der Waals surface area contributed by atoms with E-state index in [1.54, 1.807) is 13.0 Å². The van der Waals surface area contributed by atoms with Gasteiger partial charge in [0.15, 0.2) is 0 Å². The fraction of sp³-hybridized carbons (Fsp3) is 0.192. The van der Waals surface area contributed by atoms with Gasteiger partial charge in [0.25, 0.3) is 0 Å². The molecule has 0 aliphatic heterocycles. The van der Waals surface area contributed by atoms with Crippen LogP contribution in [0.3, 0.4) is 0 Å². The number of nitrogens with one attached hydrogen (secondary N) is 1. The third-order valence-corrected chi connectivity index (χ3v) is 5.31. The molecular weight excluding hydrogens is 402 g/mol. The summed E-state index contributed by atoms with van der Waals surface area (Å²) in [5.74, 6) is -0.261. The van der Waals surface area contributed by atoms with E-state index in [1.807, 2.05) is 60.7 Å². The van der Waals surface area contributed by atoms with E-state index in [9.17, 15) is 14.7 Å². The van der Waals surface area contributed by atoms with Crippen molar-refractivity contribution in [3.8, 4) is 0 Å². The highest BCUT2D eigenvalue weighted by Gasteiger charge is 2.18. The number of aliphatic hydroxyl groups is 1. The molecule has 0 bridgehead atoms. The molecule has 6 heteroatoms. The van der Waals surface area contributed by atoms with Crippen LogP contribution in [0, 0.1) is 0 Å². The van der Waals surface area contributed by atoms with Crippen LogP contribution in [0.5, 0.6) is 0 Å². The first-order chi connectivity index (χ1) is 15.5. The molecule has 0 unspecified atom stereocenters. The van der Waals surface area contributed by atoms with Crippen LogP contribution < -0.4 is 10.2 Å². The van der Waals surface area contributed by atoms with E-state index in [4.69, 9.17) is 4.98 Å². The number of aliphatic hydroxyl groups excluding tert-OH is 1. The second-order valence-electron chi connectivity index (χ2n) is 7.73. The molecule has 0 saturated carbocycles. The van der Waals surface area contributed by atoms with Gasteiger partial charge >= 0.3 is 0 Å². The maximum Gasteiger partial charge on any atom is 0.227 e. The van der Waals surface area contributed by atoms with Crippen molar-refractivity contribution in [2.45, 2.75) is 26.9 Å². The number of hydrogen-bond donors (Lipinski definition) is 2. The van der Waals surface area contributed by atoms with Gasteiger partial charge in [-0.3, -0.25) is 9.59 Å². The van der Waals surface area contributed by atoms with Gasteiger partial charge < -0.3 is 15.3 Å². The van der Waals surface area contributed by atoms with Crippen LogP contribution in [0.25, 0.3) is 21.8 Å². The van der Waals surface area contributed by atoms with E-state index in [2.05, 4.69) is 5.32 Å². The Morgan fingerprint density at radius 1 is 0.969 bits per heavy atom. The van der Waals surface area contributed by atoms with Gasteiger partial charge in [-0.1, -0.05) is 43.3 Å². The Labute approximate surface area is 186 Å². The molecule has 0 atom stereocenters. The highest BCUT2D eigenvalue weighted by atomic mass is 16.3. The number of anilines is 3. The molecule has 162 valence electrons. The molecular formula is C26H25N3O3. The maximum absolute atomic E-state index is 12.5. The lowest BCUT2D eigenvalue weighted by Crippen LogP contribution is -2.34. The highest BCUT2D eigenvalue weighted by Crippen LogP contribution is 2.34. The summed E-state index contributed by atoms with van der Waals surface area (Å²) in [6.45, 7) is 3.02. The smallest absolute Gasteiger partial charge is 0.227 e. The Morgan fingerprint density at radius 3 is 2.16 bits per heavy atom. The van der Waals surface area contributed by atoms with Crippen molar-refractivity contribution in [1.82, 2.24) is 4.98 Å². The Morgan fingerprint density at radius 2 is 1.59 bits per heavy atom. The number of carbonyl (C=O) groups excluding carboxylic acids is 2. The summed E-state index contributed by atoms with van der Waals surface area (Å²) < 4.78 is 0. The first kappa shape index (κ1) is 21.5. The van der Waals surface area contributed by atoms with Crippen LogP contribution in [0.4, 0.5) is 17.1 Å². The summed E-state index contributed by atoms with van der Waals surface area (Å²) in [6.07, 6.45) is 0.277. The average molecular weight is 428 g/mol. The molecule has 0 aliphatic carbocycles. The predicted octanol–water partition coefficient (Wildman–Crippen LogP) is 4.96. The number of amides is 1. The number of carbonyl (C=O) groups is 2. The van der Waals surface area contributed by atoms with Crippen LogP contribution in [0.2, 0.25) is 0 Å². The standard InChI is InChI=1S/C26H25N3O3/c1-3-25(32)29(15-17(2)31)20-13-18(16-30)12-19(14-20)27-26-21-8-4-6-10-23(21)28-24-11-7-5-9-22(24)26/h4-14,30H,3,15-16H2,1-2H3,(H,27,28). The fourth-order valence-electron chi connectivity index (χ4n) is 3.85. The molecule has 0 fully saturated rings. The molecule has 0 saturated heterocycles. The molecule has 1 heterocycles. The van der Waals surface area contributed by atoms with Gasteiger partial charge in [0.05, 0.1) is 29.9 Å². The van der Waals surface area contributed by atoms with Crippen molar-refractivity contribution < 1.29 is 14.7 Å². The minimum Gasteiger partial charge on any atom is -0.392 e. The summed E-state index contributed by atoms with van der Waals surface area (Å²) in [7, 11) is 0. The van der Waals surface area contributed by atoms with Crippen LogP contribution >= 0.6 is 0 Å². The van der Waals surface area contributed by atoms with E-state index in [1.165, 1.54) is 11.8 Å². The lowest BCUT2D eigenvalue weighted by atomic mass is 10.1. The lowest BCUT2D eigenvalue weighted by Gasteiger charge is -2.23. The minimum atomic E-state index is -0.186. The highest BCUT2D eigenvalue weighted by molar-refractivity contribution is 6.09. The number of para-hydroxylation sites is 2. The number of fused-ring (bicyclic) bond motifs is 2. The largest absolute Gasteiger partial charge is 0.392 e. The molecule has 2 N–H and O–H groups in total. The normalized spacial score (nSPS) is 11.0. The third-order valence-electron chi connectivity index (χ3n) is 5.31. The van der Waals surface area contributed by atoms with E-state index >= 15 is 0 Å². The fourth-order valence-corrected chi connectivity index (χ4v) is 3.85. The van der Waals surface area contributed by atoms with Gasteiger partial charge in [-0.15, -0.1) is 0 Å². The molecule has 0 radical (unpaired) electrons. The topological polar surface area (TPSA) is 82.5 Å². The van der Waals surface area contributed by atoms with E-state index < -0.39 is 0 Å². The number of Topliss-reactive ketones (excluding diaryl/α,β-unsaturated/α-hetero) is 1. The SMILES string of the molecule is CCC(=O)N(CC(C)=O)c1cc(CO)cc(Nc2c3ccccc3nc3ccccc23)c1. The Bertz CT molecular complexity index is 1260. The number of ketones is 1. The number of pyridine rings is 1. The van der Waals surface area contributed by atoms with Crippen LogP contribution in [-0.4, -0.2) is 28.3 Å². The average Bonchev–Trinajstić information content (AvgIpc) is 2.81. The molecule has 1 amide bonds. The zero-order valence-electron chi connectivity index (χ0n) is 18.1. The van der Waals surface area contributed by atoms with Gasteiger partial charge in [0.2, 0.25) is 5.91 Å². The van der Waals surface area contributed by atoms with Crippen molar-refractivity contribution in [2.24, 2.45) is 0 Å². The summed E-state index contributed by atoms with van der Waals surface area (Å²) >= 11 is 0. The predicted molar refractivity (Wildman–Crippen MR) is 128 cm³/mol. The van der Waals surface area contributed by atoms with Crippen molar-refractivity contribution in [3.63, 3.8) is 0 Å². The molecule has 4 rings (SSSR count). The quantitative estimate of drug-likeness (QED) is 0.408.